The van der Waals surface area contributed by atoms with Crippen molar-refractivity contribution in [3.05, 3.63) is 77.9 Å². The second-order valence-corrected chi connectivity index (χ2v) is 7.79. The zero-order valence-corrected chi connectivity index (χ0v) is 15.7. The van der Waals surface area contributed by atoms with Crippen LogP contribution in [0.25, 0.3) is 6.08 Å². The third kappa shape index (κ3) is 7.49. The van der Waals surface area contributed by atoms with E-state index in [0.29, 0.717) is 6.54 Å². The average molecular weight is 398 g/mol. The van der Waals surface area contributed by atoms with Gasteiger partial charge in [0.05, 0.1) is 0 Å². The second kappa shape index (κ2) is 9.83. The van der Waals surface area contributed by atoms with Gasteiger partial charge >= 0.3 is 0 Å². The molecule has 0 aliphatic heterocycles. The van der Waals surface area contributed by atoms with E-state index in [1.54, 1.807) is 6.08 Å². The molecule has 2 aromatic carbocycles. The molecule has 25 heavy (non-hydrogen) atoms. The maximum absolute atomic E-state index is 12.1. The van der Waals surface area contributed by atoms with Gasteiger partial charge in [-0.15, -0.1) is 0 Å². The highest BCUT2D eigenvalue weighted by atomic mass is 35.6. The highest BCUT2D eigenvalue weighted by molar-refractivity contribution is 6.68. The normalized spacial score (nSPS) is 12.9. The van der Waals surface area contributed by atoms with Gasteiger partial charge in [0.2, 0.25) is 9.70 Å². The zero-order chi connectivity index (χ0) is 18.1. The summed E-state index contributed by atoms with van der Waals surface area (Å²) >= 11 is 17.9. The minimum Gasteiger partial charge on any atom is -0.333 e. The molecule has 2 N–H and O–H groups in total. The van der Waals surface area contributed by atoms with Crippen LogP contribution in [-0.2, 0) is 11.2 Å². The van der Waals surface area contributed by atoms with Gasteiger partial charge < -0.3 is 5.32 Å². The molecule has 3 nitrogen and oxygen atoms in total. The zero-order valence-electron chi connectivity index (χ0n) is 13.5. The lowest BCUT2D eigenvalue weighted by Gasteiger charge is -2.26. The number of nitrogens with one attached hydrogen (secondary N) is 2. The van der Waals surface area contributed by atoms with E-state index in [9.17, 15) is 4.79 Å². The molecule has 0 fully saturated rings. The third-order valence-corrected chi connectivity index (χ3v) is 4.10. The van der Waals surface area contributed by atoms with Gasteiger partial charge in [0.1, 0.15) is 6.17 Å². The van der Waals surface area contributed by atoms with Gasteiger partial charge in [0.15, 0.2) is 0 Å². The summed E-state index contributed by atoms with van der Waals surface area (Å²) in [5, 5.41) is 5.76. The first-order chi connectivity index (χ1) is 11.9. The summed E-state index contributed by atoms with van der Waals surface area (Å²) in [5.74, 6) is -0.340. The fourth-order valence-electron chi connectivity index (χ4n) is 2.18. The Balaban J connectivity index is 1.89. The van der Waals surface area contributed by atoms with Gasteiger partial charge in [0, 0.05) is 12.6 Å². The molecule has 1 amide bonds. The van der Waals surface area contributed by atoms with Crippen molar-refractivity contribution in [3.8, 4) is 0 Å². The lowest BCUT2D eigenvalue weighted by molar-refractivity contribution is -0.117. The Bertz CT molecular complexity index is 685. The molecule has 1 atom stereocenters. The first kappa shape index (κ1) is 19.8. The van der Waals surface area contributed by atoms with Crippen LogP contribution in [0.1, 0.15) is 11.1 Å². The van der Waals surface area contributed by atoms with E-state index in [-0.39, 0.29) is 5.91 Å². The largest absolute Gasteiger partial charge is 0.333 e. The van der Waals surface area contributed by atoms with Gasteiger partial charge in [0.25, 0.3) is 0 Å². The molecule has 6 heteroatoms. The second-order valence-electron chi connectivity index (χ2n) is 5.42. The Morgan fingerprint density at radius 3 is 2.20 bits per heavy atom. The van der Waals surface area contributed by atoms with Crippen molar-refractivity contribution in [2.24, 2.45) is 0 Å². The van der Waals surface area contributed by atoms with E-state index in [4.69, 9.17) is 34.8 Å². The van der Waals surface area contributed by atoms with Crippen molar-refractivity contribution in [1.29, 1.82) is 0 Å². The monoisotopic (exact) mass is 396 g/mol. The van der Waals surface area contributed by atoms with Gasteiger partial charge in [-0.2, -0.15) is 0 Å². The molecule has 0 saturated heterocycles. The lowest BCUT2D eigenvalue weighted by Crippen LogP contribution is -2.53. The van der Waals surface area contributed by atoms with Crippen molar-refractivity contribution in [2.75, 3.05) is 6.54 Å². The molecule has 0 aliphatic carbocycles. The van der Waals surface area contributed by atoms with Crippen LogP contribution < -0.4 is 10.6 Å². The number of hydrogen-bond donors (Lipinski definition) is 2. The standard InChI is InChI=1S/C19H19Cl3N2O/c20-19(21,22)18(23-14-13-16-9-5-2-6-10-16)24-17(25)12-11-15-7-3-1-4-8-15/h1-12,18,23H,13-14H2,(H,24,25)/b12-11+/t18-/m1/s1. The summed E-state index contributed by atoms with van der Waals surface area (Å²) in [6.45, 7) is 0.561. The number of carbonyl (C=O) groups is 1. The maximum Gasteiger partial charge on any atom is 0.245 e. The van der Waals surface area contributed by atoms with Crippen molar-refractivity contribution >= 4 is 46.8 Å². The Hall–Kier alpha value is -1.52. The summed E-state index contributed by atoms with van der Waals surface area (Å²) in [6.07, 6.45) is 3.08. The Kier molecular flexibility index (Phi) is 7.79. The molecule has 2 aromatic rings. The maximum atomic E-state index is 12.1. The number of amides is 1. The summed E-state index contributed by atoms with van der Waals surface area (Å²) < 4.78 is -1.66. The van der Waals surface area contributed by atoms with E-state index >= 15 is 0 Å². The molecule has 0 aliphatic rings. The topological polar surface area (TPSA) is 41.1 Å². The molecule has 0 radical (unpaired) electrons. The number of hydrogen-bond acceptors (Lipinski definition) is 2. The first-order valence-corrected chi connectivity index (χ1v) is 8.96. The highest BCUT2D eigenvalue weighted by Crippen LogP contribution is 2.29. The molecule has 0 spiro atoms. The van der Waals surface area contributed by atoms with Crippen molar-refractivity contribution in [1.82, 2.24) is 10.6 Å². The molecule has 0 bridgehead atoms. The van der Waals surface area contributed by atoms with Crippen LogP contribution in [-0.4, -0.2) is 22.4 Å². The molecule has 0 aromatic heterocycles. The smallest absolute Gasteiger partial charge is 0.245 e. The number of carbonyl (C=O) groups excluding carboxylic acids is 1. The minimum absolute atomic E-state index is 0.340. The van der Waals surface area contributed by atoms with E-state index in [2.05, 4.69) is 10.6 Å². The summed E-state index contributed by atoms with van der Waals surface area (Å²) in [4.78, 5) is 12.1. The van der Waals surface area contributed by atoms with E-state index in [1.807, 2.05) is 60.7 Å². The van der Waals surface area contributed by atoms with Crippen LogP contribution in [0.4, 0.5) is 0 Å². The quantitative estimate of drug-likeness (QED) is 0.414. The van der Waals surface area contributed by atoms with E-state index < -0.39 is 9.96 Å². The molecule has 0 saturated carbocycles. The Labute approximate surface area is 163 Å². The summed E-state index contributed by atoms with van der Waals surface area (Å²) in [7, 11) is 0. The lowest BCUT2D eigenvalue weighted by atomic mass is 10.1. The van der Waals surface area contributed by atoms with Crippen LogP contribution in [0.3, 0.4) is 0 Å². The molecule has 132 valence electrons. The van der Waals surface area contributed by atoms with Crippen LogP contribution in [0.5, 0.6) is 0 Å². The van der Waals surface area contributed by atoms with E-state index in [1.165, 1.54) is 6.08 Å². The van der Waals surface area contributed by atoms with Gasteiger partial charge in [-0.05, 0) is 23.6 Å². The molecular formula is C19H19Cl3N2O. The fraction of sp³-hybridized carbons (Fsp3) is 0.211. The van der Waals surface area contributed by atoms with Crippen molar-refractivity contribution in [3.63, 3.8) is 0 Å². The van der Waals surface area contributed by atoms with E-state index in [0.717, 1.165) is 17.5 Å². The van der Waals surface area contributed by atoms with Crippen molar-refractivity contribution < 1.29 is 4.79 Å². The van der Waals surface area contributed by atoms with Gasteiger partial charge in [-0.1, -0.05) is 95.5 Å². The SMILES string of the molecule is O=C(/C=C/c1ccccc1)N[C@@H](NCCc1ccccc1)C(Cl)(Cl)Cl. The molecular weight excluding hydrogens is 379 g/mol. The van der Waals surface area contributed by atoms with Crippen LogP contribution in [0.15, 0.2) is 66.7 Å². The van der Waals surface area contributed by atoms with Gasteiger partial charge in [-0.25, -0.2) is 0 Å². The van der Waals surface area contributed by atoms with Crippen LogP contribution in [0, 0.1) is 0 Å². The first-order valence-electron chi connectivity index (χ1n) is 7.83. The third-order valence-electron chi connectivity index (χ3n) is 3.45. The molecule has 0 heterocycles. The summed E-state index contributed by atoms with van der Waals surface area (Å²) in [6, 6.07) is 19.4. The Morgan fingerprint density at radius 1 is 1.00 bits per heavy atom. The number of alkyl halides is 3. The van der Waals surface area contributed by atoms with Gasteiger partial charge in [-0.3, -0.25) is 10.1 Å². The van der Waals surface area contributed by atoms with Crippen molar-refractivity contribution in [2.45, 2.75) is 16.4 Å². The molecule has 0 unspecified atom stereocenters. The summed E-state index contributed by atoms with van der Waals surface area (Å²) in [5.41, 5.74) is 2.08. The number of benzene rings is 2. The molecule has 2 rings (SSSR count). The predicted molar refractivity (Wildman–Crippen MR) is 106 cm³/mol. The highest BCUT2D eigenvalue weighted by Gasteiger charge is 2.33. The fourth-order valence-corrected chi connectivity index (χ4v) is 2.58. The number of rotatable bonds is 7. The average Bonchev–Trinajstić information content (AvgIpc) is 2.60. The number of halogens is 3. The van der Waals surface area contributed by atoms with Crippen LogP contribution in [0.2, 0.25) is 0 Å². The minimum atomic E-state index is -1.66. The predicted octanol–water partition coefficient (Wildman–Crippen LogP) is 4.34. The van der Waals surface area contributed by atoms with Crippen LogP contribution >= 0.6 is 34.8 Å². The Morgan fingerprint density at radius 2 is 1.60 bits per heavy atom.